The van der Waals surface area contributed by atoms with Crippen LogP contribution in [0.15, 0.2) is 0 Å². The zero-order valence-electron chi connectivity index (χ0n) is 12.7. The lowest BCUT2D eigenvalue weighted by Gasteiger charge is -2.31. The fraction of sp³-hybridized carbons (Fsp3) is 0.786. The highest BCUT2D eigenvalue weighted by Crippen LogP contribution is 2.28. The van der Waals surface area contributed by atoms with Gasteiger partial charge in [0.2, 0.25) is 11.8 Å². The summed E-state index contributed by atoms with van der Waals surface area (Å²) < 4.78 is 0. The first kappa shape index (κ1) is 17.4. The molecule has 0 aromatic heterocycles. The minimum atomic E-state index is -0.998. The third kappa shape index (κ3) is 4.23. The number of hydrogen-bond donors (Lipinski definition) is 0. The van der Waals surface area contributed by atoms with E-state index in [1.54, 1.807) is 14.1 Å². The molecule has 5 nitrogen and oxygen atoms in total. The minimum absolute atomic E-state index is 0.0447. The summed E-state index contributed by atoms with van der Waals surface area (Å²) in [6, 6.07) is 2.14. The Hall–Kier alpha value is -1.57. The van der Waals surface area contributed by atoms with Gasteiger partial charge in [-0.15, -0.1) is 0 Å². The topological polar surface area (TPSA) is 64.4 Å². The molecule has 0 N–H and O–H groups in total. The fourth-order valence-corrected chi connectivity index (χ4v) is 1.89. The van der Waals surface area contributed by atoms with Gasteiger partial charge in [-0.2, -0.15) is 5.26 Å². The first-order valence-corrected chi connectivity index (χ1v) is 6.79. The van der Waals surface area contributed by atoms with Crippen molar-refractivity contribution in [2.45, 2.75) is 40.0 Å². The highest BCUT2D eigenvalue weighted by Gasteiger charge is 2.38. The molecule has 0 aliphatic heterocycles. The number of carbonyl (C=O) groups excluding carboxylic acids is 2. The van der Waals surface area contributed by atoms with Crippen LogP contribution >= 0.6 is 0 Å². The van der Waals surface area contributed by atoms with Crippen LogP contribution in [0, 0.1) is 16.7 Å². The Balaban J connectivity index is 5.13. The predicted molar refractivity (Wildman–Crippen MR) is 74.2 cm³/mol. The molecule has 0 rings (SSSR count). The molecule has 0 unspecified atom stereocenters. The average molecular weight is 267 g/mol. The molecule has 0 fully saturated rings. The largest absolute Gasteiger partial charge is 0.347 e. The highest BCUT2D eigenvalue weighted by molar-refractivity contribution is 5.89. The summed E-state index contributed by atoms with van der Waals surface area (Å²) in [7, 11) is 3.32. The van der Waals surface area contributed by atoms with Gasteiger partial charge < -0.3 is 9.80 Å². The van der Waals surface area contributed by atoms with E-state index in [1.165, 1.54) is 9.80 Å². The third-order valence-corrected chi connectivity index (χ3v) is 3.44. The molecule has 0 heterocycles. The van der Waals surface area contributed by atoms with Gasteiger partial charge in [0, 0.05) is 20.6 Å². The van der Waals surface area contributed by atoms with Crippen molar-refractivity contribution in [2.75, 3.05) is 27.2 Å². The Labute approximate surface area is 116 Å². The number of rotatable bonds is 7. The van der Waals surface area contributed by atoms with Gasteiger partial charge in [0.25, 0.3) is 0 Å². The van der Waals surface area contributed by atoms with Gasteiger partial charge in [-0.3, -0.25) is 9.59 Å². The van der Waals surface area contributed by atoms with E-state index in [0.717, 1.165) is 6.42 Å². The van der Waals surface area contributed by atoms with E-state index < -0.39 is 5.41 Å². The lowest BCUT2D eigenvalue weighted by molar-refractivity contribution is -0.144. The standard InChI is InChI=1S/C14H25N3O2/c1-6-9-17(10-12(18)16(4)5)13(19)14(7-2,8-3)11-15/h6-10H2,1-5H3. The van der Waals surface area contributed by atoms with Crippen LogP contribution < -0.4 is 0 Å². The Kier molecular flexibility index (Phi) is 7.13. The van der Waals surface area contributed by atoms with Crippen LogP contribution in [-0.4, -0.2) is 48.8 Å². The molecule has 0 atom stereocenters. The first-order chi connectivity index (χ1) is 8.88. The molecule has 0 saturated carbocycles. The number of likely N-dealkylation sites (N-methyl/N-ethyl adjacent to an activating group) is 1. The Bertz CT molecular complexity index is 354. The molecule has 0 aromatic carbocycles. The number of nitriles is 1. The zero-order chi connectivity index (χ0) is 15.1. The number of amides is 2. The SMILES string of the molecule is CCCN(CC(=O)N(C)C)C(=O)C(C#N)(CC)CC. The van der Waals surface area contributed by atoms with Gasteiger partial charge in [0.05, 0.1) is 12.6 Å². The van der Waals surface area contributed by atoms with Crippen LogP contribution in [0.4, 0.5) is 0 Å². The van der Waals surface area contributed by atoms with Crippen LogP contribution in [-0.2, 0) is 9.59 Å². The minimum Gasteiger partial charge on any atom is -0.347 e. The fourth-order valence-electron chi connectivity index (χ4n) is 1.89. The summed E-state index contributed by atoms with van der Waals surface area (Å²) in [6.45, 7) is 6.17. The first-order valence-electron chi connectivity index (χ1n) is 6.79. The molecule has 0 radical (unpaired) electrons. The van der Waals surface area contributed by atoms with Crippen molar-refractivity contribution in [1.82, 2.24) is 9.80 Å². The van der Waals surface area contributed by atoms with Crippen molar-refractivity contribution in [3.63, 3.8) is 0 Å². The van der Waals surface area contributed by atoms with E-state index in [-0.39, 0.29) is 18.4 Å². The number of hydrogen-bond acceptors (Lipinski definition) is 3. The van der Waals surface area contributed by atoms with E-state index in [2.05, 4.69) is 6.07 Å². The highest BCUT2D eigenvalue weighted by atomic mass is 16.2. The lowest BCUT2D eigenvalue weighted by Crippen LogP contribution is -2.47. The molecular weight excluding hydrogens is 242 g/mol. The summed E-state index contributed by atoms with van der Waals surface area (Å²) in [5, 5.41) is 9.31. The van der Waals surface area contributed by atoms with Gasteiger partial charge in [0.1, 0.15) is 5.41 Å². The molecule has 2 amide bonds. The molecular formula is C14H25N3O2. The smallest absolute Gasteiger partial charge is 0.243 e. The van der Waals surface area contributed by atoms with Crippen LogP contribution in [0.5, 0.6) is 0 Å². The normalized spacial score (nSPS) is 10.7. The van der Waals surface area contributed by atoms with Crippen molar-refractivity contribution in [2.24, 2.45) is 5.41 Å². The van der Waals surface area contributed by atoms with Gasteiger partial charge in [0.15, 0.2) is 0 Å². The summed E-state index contributed by atoms with van der Waals surface area (Å²) >= 11 is 0. The van der Waals surface area contributed by atoms with E-state index >= 15 is 0 Å². The van der Waals surface area contributed by atoms with Crippen molar-refractivity contribution in [3.8, 4) is 6.07 Å². The second-order valence-electron chi connectivity index (χ2n) is 4.92. The van der Waals surface area contributed by atoms with E-state index in [0.29, 0.717) is 19.4 Å². The summed E-state index contributed by atoms with van der Waals surface area (Å²) in [5.41, 5.74) is -0.998. The van der Waals surface area contributed by atoms with Crippen LogP contribution in [0.1, 0.15) is 40.0 Å². The zero-order valence-corrected chi connectivity index (χ0v) is 12.7. The summed E-state index contributed by atoms with van der Waals surface area (Å²) in [4.78, 5) is 27.3. The lowest BCUT2D eigenvalue weighted by atomic mass is 9.82. The van der Waals surface area contributed by atoms with Crippen LogP contribution in [0.25, 0.3) is 0 Å². The Morgan fingerprint density at radius 1 is 1.16 bits per heavy atom. The molecule has 0 saturated heterocycles. The molecule has 0 bridgehead atoms. The number of nitrogens with zero attached hydrogens (tertiary/aromatic N) is 3. The molecule has 0 aliphatic carbocycles. The van der Waals surface area contributed by atoms with Crippen molar-refractivity contribution in [3.05, 3.63) is 0 Å². The van der Waals surface area contributed by atoms with Crippen molar-refractivity contribution >= 4 is 11.8 Å². The average Bonchev–Trinajstić information content (AvgIpc) is 2.40. The maximum atomic E-state index is 12.5. The van der Waals surface area contributed by atoms with Gasteiger partial charge >= 0.3 is 0 Å². The second-order valence-corrected chi connectivity index (χ2v) is 4.92. The van der Waals surface area contributed by atoms with E-state index in [1.807, 2.05) is 20.8 Å². The van der Waals surface area contributed by atoms with Crippen LogP contribution in [0.3, 0.4) is 0 Å². The van der Waals surface area contributed by atoms with Gasteiger partial charge in [-0.05, 0) is 19.3 Å². The molecule has 108 valence electrons. The molecule has 0 aromatic rings. The Morgan fingerprint density at radius 2 is 1.68 bits per heavy atom. The quantitative estimate of drug-likeness (QED) is 0.704. The van der Waals surface area contributed by atoms with Crippen molar-refractivity contribution < 1.29 is 9.59 Å². The maximum absolute atomic E-state index is 12.5. The summed E-state index contributed by atoms with van der Waals surface area (Å²) in [6.07, 6.45) is 1.70. The third-order valence-electron chi connectivity index (χ3n) is 3.44. The Morgan fingerprint density at radius 3 is 2.00 bits per heavy atom. The van der Waals surface area contributed by atoms with E-state index in [9.17, 15) is 14.9 Å². The van der Waals surface area contributed by atoms with Gasteiger partial charge in [-0.1, -0.05) is 20.8 Å². The van der Waals surface area contributed by atoms with Crippen LogP contribution in [0.2, 0.25) is 0 Å². The monoisotopic (exact) mass is 267 g/mol. The van der Waals surface area contributed by atoms with E-state index in [4.69, 9.17) is 0 Å². The van der Waals surface area contributed by atoms with Gasteiger partial charge in [-0.25, -0.2) is 0 Å². The molecule has 5 heteroatoms. The second kappa shape index (κ2) is 7.78. The number of carbonyl (C=O) groups is 2. The summed E-state index contributed by atoms with van der Waals surface area (Å²) in [5.74, 6) is -0.349. The molecule has 19 heavy (non-hydrogen) atoms. The molecule has 0 spiro atoms. The molecule has 0 aliphatic rings. The van der Waals surface area contributed by atoms with Crippen molar-refractivity contribution in [1.29, 1.82) is 5.26 Å². The predicted octanol–water partition coefficient (Wildman–Crippen LogP) is 1.64. The maximum Gasteiger partial charge on any atom is 0.243 e.